The highest BCUT2D eigenvalue weighted by Gasteiger charge is 2.22. The number of benzene rings is 1. The van der Waals surface area contributed by atoms with E-state index in [0.717, 1.165) is 24.0 Å². The molecule has 2 amide bonds. The number of carbonyl (C=O) groups is 2. The second-order valence-corrected chi connectivity index (χ2v) is 5.19. The van der Waals surface area contributed by atoms with Gasteiger partial charge in [0.05, 0.1) is 0 Å². The standard InChI is InChI=1S/C15H20N2O2/c1-10-7-11(2)9-12(8-10)14(18)17-13-5-3-4-6-16-15(13)19/h7-9,13H,3-6H2,1-2H3,(H,16,19)(H,17,18)/t13-/m0/s1. The molecule has 1 aromatic rings. The van der Waals surface area contributed by atoms with Gasteiger partial charge in [0.1, 0.15) is 6.04 Å². The maximum atomic E-state index is 12.2. The topological polar surface area (TPSA) is 58.2 Å². The average molecular weight is 260 g/mol. The van der Waals surface area contributed by atoms with Crippen molar-refractivity contribution in [3.05, 3.63) is 34.9 Å². The van der Waals surface area contributed by atoms with Crippen molar-refractivity contribution in [3.8, 4) is 0 Å². The molecule has 0 unspecified atom stereocenters. The maximum absolute atomic E-state index is 12.2. The Morgan fingerprint density at radius 3 is 2.58 bits per heavy atom. The first-order valence-corrected chi connectivity index (χ1v) is 6.73. The second-order valence-electron chi connectivity index (χ2n) is 5.19. The summed E-state index contributed by atoms with van der Waals surface area (Å²) in [7, 11) is 0. The molecule has 1 fully saturated rings. The van der Waals surface area contributed by atoms with Gasteiger partial charge < -0.3 is 10.6 Å². The molecular formula is C15H20N2O2. The fourth-order valence-electron chi connectivity index (χ4n) is 2.42. The van der Waals surface area contributed by atoms with Gasteiger partial charge in [-0.05, 0) is 45.2 Å². The summed E-state index contributed by atoms with van der Waals surface area (Å²) in [6, 6.07) is 5.30. The molecule has 1 aliphatic rings. The number of hydrogen-bond donors (Lipinski definition) is 2. The molecule has 1 saturated heterocycles. The number of rotatable bonds is 2. The molecule has 1 aliphatic heterocycles. The van der Waals surface area contributed by atoms with Gasteiger partial charge in [0.15, 0.2) is 0 Å². The largest absolute Gasteiger partial charge is 0.354 e. The summed E-state index contributed by atoms with van der Waals surface area (Å²) in [6.45, 7) is 4.62. The van der Waals surface area contributed by atoms with E-state index in [0.29, 0.717) is 18.5 Å². The fraction of sp³-hybridized carbons (Fsp3) is 0.467. The van der Waals surface area contributed by atoms with Crippen LogP contribution in [0.2, 0.25) is 0 Å². The monoisotopic (exact) mass is 260 g/mol. The first-order chi connectivity index (χ1) is 9.06. The summed E-state index contributed by atoms with van der Waals surface area (Å²) in [5.74, 6) is -0.246. The Kier molecular flexibility index (Phi) is 4.20. The molecule has 19 heavy (non-hydrogen) atoms. The fourth-order valence-corrected chi connectivity index (χ4v) is 2.42. The van der Waals surface area contributed by atoms with Crippen molar-refractivity contribution in [3.63, 3.8) is 0 Å². The molecule has 1 heterocycles. The minimum Gasteiger partial charge on any atom is -0.354 e. The first-order valence-electron chi connectivity index (χ1n) is 6.73. The van der Waals surface area contributed by atoms with E-state index >= 15 is 0 Å². The van der Waals surface area contributed by atoms with Crippen LogP contribution in [0, 0.1) is 13.8 Å². The van der Waals surface area contributed by atoms with Gasteiger partial charge in [-0.15, -0.1) is 0 Å². The summed E-state index contributed by atoms with van der Waals surface area (Å²) < 4.78 is 0. The molecule has 1 aromatic carbocycles. The molecule has 2 rings (SSSR count). The van der Waals surface area contributed by atoms with Crippen LogP contribution in [0.3, 0.4) is 0 Å². The molecule has 4 nitrogen and oxygen atoms in total. The number of hydrogen-bond acceptors (Lipinski definition) is 2. The van der Waals surface area contributed by atoms with Crippen molar-refractivity contribution in [2.24, 2.45) is 0 Å². The van der Waals surface area contributed by atoms with E-state index in [1.54, 1.807) is 0 Å². The lowest BCUT2D eigenvalue weighted by atomic mass is 10.1. The number of aryl methyl sites for hydroxylation is 2. The zero-order valence-electron chi connectivity index (χ0n) is 11.5. The minimum absolute atomic E-state index is 0.0739. The van der Waals surface area contributed by atoms with Crippen LogP contribution in [0.1, 0.15) is 40.7 Å². The zero-order chi connectivity index (χ0) is 13.8. The minimum atomic E-state index is -0.407. The van der Waals surface area contributed by atoms with Gasteiger partial charge in [0.2, 0.25) is 5.91 Å². The van der Waals surface area contributed by atoms with Crippen molar-refractivity contribution >= 4 is 11.8 Å². The van der Waals surface area contributed by atoms with Crippen LogP contribution in [0.15, 0.2) is 18.2 Å². The molecule has 4 heteroatoms. The van der Waals surface area contributed by atoms with Crippen LogP contribution in [0.4, 0.5) is 0 Å². The van der Waals surface area contributed by atoms with Gasteiger partial charge in [0, 0.05) is 12.1 Å². The van der Waals surface area contributed by atoms with E-state index < -0.39 is 6.04 Å². The van der Waals surface area contributed by atoms with Gasteiger partial charge in [-0.1, -0.05) is 17.2 Å². The van der Waals surface area contributed by atoms with Crippen molar-refractivity contribution < 1.29 is 9.59 Å². The van der Waals surface area contributed by atoms with Crippen LogP contribution in [0.25, 0.3) is 0 Å². The van der Waals surface area contributed by atoms with Crippen LogP contribution >= 0.6 is 0 Å². The third-order valence-electron chi connectivity index (χ3n) is 3.32. The molecule has 2 N–H and O–H groups in total. The third kappa shape index (κ3) is 3.56. The summed E-state index contributed by atoms with van der Waals surface area (Å²) in [5, 5.41) is 5.65. The highest BCUT2D eigenvalue weighted by molar-refractivity contribution is 5.97. The quantitative estimate of drug-likeness (QED) is 0.850. The van der Waals surface area contributed by atoms with E-state index in [9.17, 15) is 9.59 Å². The van der Waals surface area contributed by atoms with E-state index in [-0.39, 0.29) is 11.8 Å². The predicted molar refractivity (Wildman–Crippen MR) is 74.0 cm³/mol. The van der Waals surface area contributed by atoms with Crippen molar-refractivity contribution in [2.75, 3.05) is 6.54 Å². The van der Waals surface area contributed by atoms with Gasteiger partial charge in [0.25, 0.3) is 5.91 Å². The number of amides is 2. The predicted octanol–water partition coefficient (Wildman–Crippen LogP) is 1.70. The number of carbonyl (C=O) groups excluding carboxylic acids is 2. The molecule has 0 aromatic heterocycles. The Bertz CT molecular complexity index is 477. The summed E-state index contributed by atoms with van der Waals surface area (Å²) in [6.07, 6.45) is 2.64. The van der Waals surface area contributed by atoms with Crippen LogP contribution in [0.5, 0.6) is 0 Å². The Labute approximate surface area is 113 Å². The van der Waals surface area contributed by atoms with Gasteiger partial charge in [-0.25, -0.2) is 0 Å². The van der Waals surface area contributed by atoms with Gasteiger partial charge in [-0.2, -0.15) is 0 Å². The van der Waals surface area contributed by atoms with Crippen molar-refractivity contribution in [2.45, 2.75) is 39.2 Å². The van der Waals surface area contributed by atoms with E-state index in [2.05, 4.69) is 10.6 Å². The van der Waals surface area contributed by atoms with Crippen LogP contribution in [-0.4, -0.2) is 24.4 Å². The molecule has 0 aliphatic carbocycles. The maximum Gasteiger partial charge on any atom is 0.251 e. The first kappa shape index (κ1) is 13.6. The second kappa shape index (κ2) is 5.87. The SMILES string of the molecule is Cc1cc(C)cc(C(=O)N[C@H]2CCCCNC2=O)c1. The summed E-state index contributed by atoms with van der Waals surface area (Å²) in [5.41, 5.74) is 2.72. The van der Waals surface area contributed by atoms with Crippen LogP contribution in [-0.2, 0) is 4.79 Å². The average Bonchev–Trinajstić information content (AvgIpc) is 2.54. The Balaban J connectivity index is 2.09. The molecular weight excluding hydrogens is 240 g/mol. The number of nitrogens with one attached hydrogen (secondary N) is 2. The zero-order valence-corrected chi connectivity index (χ0v) is 11.5. The molecule has 0 radical (unpaired) electrons. The van der Waals surface area contributed by atoms with Crippen LogP contribution < -0.4 is 10.6 Å². The Hall–Kier alpha value is -1.84. The third-order valence-corrected chi connectivity index (χ3v) is 3.32. The van der Waals surface area contributed by atoms with Crippen molar-refractivity contribution in [1.29, 1.82) is 0 Å². The smallest absolute Gasteiger partial charge is 0.251 e. The molecule has 0 saturated carbocycles. The Morgan fingerprint density at radius 1 is 1.21 bits per heavy atom. The van der Waals surface area contributed by atoms with E-state index in [4.69, 9.17) is 0 Å². The lowest BCUT2D eigenvalue weighted by molar-refractivity contribution is -0.122. The molecule has 0 bridgehead atoms. The molecule has 102 valence electrons. The Morgan fingerprint density at radius 2 is 1.89 bits per heavy atom. The van der Waals surface area contributed by atoms with E-state index in [1.807, 2.05) is 32.0 Å². The lowest BCUT2D eigenvalue weighted by Gasteiger charge is -2.15. The van der Waals surface area contributed by atoms with Gasteiger partial charge >= 0.3 is 0 Å². The molecule has 1 atom stereocenters. The summed E-state index contributed by atoms with van der Waals surface area (Å²) >= 11 is 0. The highest BCUT2D eigenvalue weighted by Crippen LogP contribution is 2.11. The van der Waals surface area contributed by atoms with Gasteiger partial charge in [-0.3, -0.25) is 9.59 Å². The van der Waals surface area contributed by atoms with Crippen molar-refractivity contribution in [1.82, 2.24) is 10.6 Å². The normalized spacial score (nSPS) is 19.5. The lowest BCUT2D eigenvalue weighted by Crippen LogP contribution is -2.45. The highest BCUT2D eigenvalue weighted by atomic mass is 16.2. The molecule has 0 spiro atoms. The van der Waals surface area contributed by atoms with E-state index in [1.165, 1.54) is 0 Å². The summed E-state index contributed by atoms with van der Waals surface area (Å²) in [4.78, 5) is 24.0.